The van der Waals surface area contributed by atoms with Gasteiger partial charge >= 0.3 is 0 Å². The Morgan fingerprint density at radius 3 is 2.95 bits per heavy atom. The Hall–Kier alpha value is -1.74. The minimum Gasteiger partial charge on any atom is -0.402 e. The molecule has 2 heterocycles. The number of nitrogens with two attached hydrogens (primary N) is 1. The summed E-state index contributed by atoms with van der Waals surface area (Å²) in [5.41, 5.74) is 10.4. The van der Waals surface area contributed by atoms with Gasteiger partial charge in [0.05, 0.1) is 12.3 Å². The molecule has 0 saturated carbocycles. The lowest BCUT2D eigenvalue weighted by molar-refractivity contribution is 0.0665. The maximum atomic E-state index is 6.01. The molecule has 1 aliphatic carbocycles. The highest BCUT2D eigenvalue weighted by Gasteiger charge is 2.26. The van der Waals surface area contributed by atoms with Crippen molar-refractivity contribution in [1.29, 1.82) is 0 Å². The molecule has 3 nitrogen and oxygen atoms in total. The van der Waals surface area contributed by atoms with Crippen molar-refractivity contribution in [1.82, 2.24) is 4.98 Å². The summed E-state index contributed by atoms with van der Waals surface area (Å²) in [6.45, 7) is 4.71. The zero-order valence-electron chi connectivity index (χ0n) is 12.2. The summed E-state index contributed by atoms with van der Waals surface area (Å²) in [5.74, 6) is 0. The van der Waals surface area contributed by atoms with Crippen molar-refractivity contribution < 1.29 is 4.74 Å². The number of rotatable bonds is 2. The molecule has 0 aromatic carbocycles. The second-order valence-corrected chi connectivity index (χ2v) is 5.51. The van der Waals surface area contributed by atoms with Crippen molar-refractivity contribution in [2.24, 2.45) is 5.73 Å². The molecule has 0 amide bonds. The van der Waals surface area contributed by atoms with E-state index >= 15 is 0 Å². The molecule has 3 N–H and O–H groups in total. The lowest BCUT2D eigenvalue weighted by atomic mass is 9.97. The number of fused-ring (bicyclic) bond motifs is 3. The maximum absolute atomic E-state index is 6.01. The predicted molar refractivity (Wildman–Crippen MR) is 82.3 cm³/mol. The molecule has 1 atom stereocenters. The number of nitrogens with one attached hydrogen (secondary N) is 1. The van der Waals surface area contributed by atoms with Crippen LogP contribution in [-0.2, 0) is 11.2 Å². The summed E-state index contributed by atoms with van der Waals surface area (Å²) in [6, 6.07) is 0. The first-order valence-electron chi connectivity index (χ1n) is 7.33. The van der Waals surface area contributed by atoms with Gasteiger partial charge in [-0.15, -0.1) is 0 Å². The molecule has 20 heavy (non-hydrogen) atoms. The summed E-state index contributed by atoms with van der Waals surface area (Å²) >= 11 is 0. The van der Waals surface area contributed by atoms with Crippen molar-refractivity contribution in [3.63, 3.8) is 0 Å². The van der Waals surface area contributed by atoms with Crippen molar-refractivity contribution in [3.05, 3.63) is 45.2 Å². The second-order valence-electron chi connectivity index (χ2n) is 5.51. The average molecular weight is 270 g/mol. The summed E-state index contributed by atoms with van der Waals surface area (Å²) in [7, 11) is 0. The molecule has 0 bridgehead atoms. The monoisotopic (exact) mass is 270 g/mol. The summed E-state index contributed by atoms with van der Waals surface area (Å²) in [5, 5.41) is 2.66. The van der Waals surface area contributed by atoms with E-state index in [1.165, 1.54) is 21.8 Å². The molecule has 1 aromatic rings. The fourth-order valence-electron chi connectivity index (χ4n) is 3.14. The highest BCUT2D eigenvalue weighted by atomic mass is 16.5. The number of aromatic amines is 1. The van der Waals surface area contributed by atoms with Gasteiger partial charge in [-0.25, -0.2) is 0 Å². The van der Waals surface area contributed by atoms with Gasteiger partial charge < -0.3 is 15.5 Å². The number of aromatic nitrogens is 1. The van der Waals surface area contributed by atoms with E-state index in [9.17, 15) is 0 Å². The van der Waals surface area contributed by atoms with Crippen LogP contribution in [0.4, 0.5) is 0 Å². The minimum absolute atomic E-state index is 0.0188. The standard InChI is InChI=1S/C17H22N2O/c1-3-12(10-11(2)18)17-16-14(8-9-20-17)13-6-4-5-7-15(13)19-16/h3,6-7,10,17,19H,4-5,8-9,18H2,1-2H3/b11-10+,12-3+. The van der Waals surface area contributed by atoms with E-state index in [2.05, 4.69) is 23.2 Å². The number of H-pyrrole nitrogens is 1. The second kappa shape index (κ2) is 5.33. The first kappa shape index (κ1) is 13.3. The topological polar surface area (TPSA) is 51.0 Å². The van der Waals surface area contributed by atoms with E-state index in [0.717, 1.165) is 37.1 Å². The number of hydrogen-bond acceptors (Lipinski definition) is 2. The third-order valence-corrected chi connectivity index (χ3v) is 4.00. The molecule has 0 fully saturated rings. The summed E-state index contributed by atoms with van der Waals surface area (Å²) in [6.07, 6.45) is 12.0. The van der Waals surface area contributed by atoms with Gasteiger partial charge in [-0.05, 0) is 55.5 Å². The first-order valence-corrected chi connectivity index (χ1v) is 7.33. The van der Waals surface area contributed by atoms with Gasteiger partial charge in [0.2, 0.25) is 0 Å². The smallest absolute Gasteiger partial charge is 0.122 e. The van der Waals surface area contributed by atoms with Crippen LogP contribution in [0.1, 0.15) is 44.1 Å². The lowest BCUT2D eigenvalue weighted by Gasteiger charge is -2.24. The van der Waals surface area contributed by atoms with Crippen LogP contribution in [0.5, 0.6) is 0 Å². The molecule has 0 radical (unpaired) electrons. The van der Waals surface area contributed by atoms with Crippen LogP contribution in [0.25, 0.3) is 12.2 Å². The average Bonchev–Trinajstić information content (AvgIpc) is 2.83. The van der Waals surface area contributed by atoms with Crippen LogP contribution < -0.4 is 16.3 Å². The predicted octanol–water partition coefficient (Wildman–Crippen LogP) is 1.79. The highest BCUT2D eigenvalue weighted by Crippen LogP contribution is 2.30. The van der Waals surface area contributed by atoms with Crippen molar-refractivity contribution in [2.45, 2.75) is 39.2 Å². The number of ether oxygens (including phenoxy) is 1. The molecule has 3 heteroatoms. The molecule has 1 unspecified atom stereocenters. The zero-order valence-corrected chi connectivity index (χ0v) is 12.2. The zero-order chi connectivity index (χ0) is 14.1. The van der Waals surface area contributed by atoms with Gasteiger partial charge in [0, 0.05) is 11.0 Å². The van der Waals surface area contributed by atoms with E-state index in [4.69, 9.17) is 10.5 Å². The molecular weight excluding hydrogens is 248 g/mol. The van der Waals surface area contributed by atoms with Crippen molar-refractivity contribution in [2.75, 3.05) is 6.61 Å². The third-order valence-electron chi connectivity index (χ3n) is 4.00. The Labute approximate surface area is 119 Å². The summed E-state index contributed by atoms with van der Waals surface area (Å²) < 4.78 is 6.01. The molecular formula is C17H22N2O. The number of allylic oxidation sites excluding steroid dienone is 2. The fourth-order valence-corrected chi connectivity index (χ4v) is 3.14. The molecule has 106 valence electrons. The van der Waals surface area contributed by atoms with Crippen molar-refractivity contribution in [3.8, 4) is 0 Å². The van der Waals surface area contributed by atoms with E-state index in [0.29, 0.717) is 0 Å². The summed E-state index contributed by atoms with van der Waals surface area (Å²) in [4.78, 5) is 3.57. The van der Waals surface area contributed by atoms with Crippen LogP contribution in [-0.4, -0.2) is 11.6 Å². The maximum Gasteiger partial charge on any atom is 0.122 e. The molecule has 0 saturated heterocycles. The van der Waals surface area contributed by atoms with Crippen LogP contribution in [0.15, 0.2) is 23.4 Å². The normalized spacial score (nSPS) is 22.6. The van der Waals surface area contributed by atoms with Gasteiger partial charge in [-0.1, -0.05) is 18.2 Å². The highest BCUT2D eigenvalue weighted by molar-refractivity contribution is 5.45. The van der Waals surface area contributed by atoms with E-state index in [-0.39, 0.29) is 6.10 Å². The van der Waals surface area contributed by atoms with E-state index < -0.39 is 0 Å². The first-order chi connectivity index (χ1) is 9.70. The Bertz CT molecular complexity index is 687. The SMILES string of the molecule is C/C=C(\C=C(/C)N)C1OCCc2c1[nH]c1c2=CCCC=1. The Kier molecular flexibility index (Phi) is 3.53. The van der Waals surface area contributed by atoms with Gasteiger partial charge in [-0.3, -0.25) is 0 Å². The van der Waals surface area contributed by atoms with Crippen LogP contribution in [0.2, 0.25) is 0 Å². The molecule has 2 aliphatic rings. The third kappa shape index (κ3) is 2.22. The quantitative estimate of drug-likeness (QED) is 0.805. The van der Waals surface area contributed by atoms with Gasteiger partial charge in [0.1, 0.15) is 6.10 Å². The van der Waals surface area contributed by atoms with E-state index in [1.54, 1.807) is 0 Å². The van der Waals surface area contributed by atoms with Gasteiger partial charge in [0.15, 0.2) is 0 Å². The van der Waals surface area contributed by atoms with Gasteiger partial charge in [0.25, 0.3) is 0 Å². The van der Waals surface area contributed by atoms with Gasteiger partial charge in [-0.2, -0.15) is 0 Å². The van der Waals surface area contributed by atoms with Crippen molar-refractivity contribution >= 4 is 12.2 Å². The van der Waals surface area contributed by atoms with Crippen LogP contribution in [0, 0.1) is 0 Å². The Morgan fingerprint density at radius 2 is 2.20 bits per heavy atom. The Balaban J connectivity index is 2.12. The van der Waals surface area contributed by atoms with E-state index in [1.807, 2.05) is 19.9 Å². The van der Waals surface area contributed by atoms with Crippen LogP contribution >= 0.6 is 0 Å². The minimum atomic E-state index is -0.0188. The Morgan fingerprint density at radius 1 is 1.40 bits per heavy atom. The van der Waals surface area contributed by atoms with Crippen LogP contribution in [0.3, 0.4) is 0 Å². The molecule has 0 spiro atoms. The lowest BCUT2D eigenvalue weighted by Crippen LogP contribution is -2.28. The molecule has 1 aliphatic heterocycles. The molecule has 3 rings (SSSR count). The number of hydrogen-bond donors (Lipinski definition) is 2. The molecule has 1 aromatic heterocycles. The fraction of sp³-hybridized carbons (Fsp3) is 0.412. The largest absolute Gasteiger partial charge is 0.402 e.